The number of benzene rings is 1. The standard InChI is InChI=1S/C18H27N3O4/c1-25-14-9-7-13(8-10-14)17(23)20-21-18(24)16(22)15(19)11-12-5-3-2-4-6-12/h7-10,12,15-16,22H,2-6,11,19H2,1H3,(H,20,23)(H,21,24)/t15-,16?/m1/s1. The number of hydrogen-bond acceptors (Lipinski definition) is 5. The molecule has 7 heteroatoms. The van der Waals surface area contributed by atoms with Crippen molar-refractivity contribution in [1.29, 1.82) is 0 Å². The molecule has 2 rings (SSSR count). The molecule has 0 aliphatic heterocycles. The van der Waals surface area contributed by atoms with Crippen LogP contribution in [0.3, 0.4) is 0 Å². The first-order chi connectivity index (χ1) is 12.0. The third kappa shape index (κ3) is 5.72. The Hall–Kier alpha value is -2.12. The van der Waals surface area contributed by atoms with E-state index in [-0.39, 0.29) is 0 Å². The molecule has 2 atom stereocenters. The van der Waals surface area contributed by atoms with Crippen LogP contribution in [-0.4, -0.2) is 36.2 Å². The van der Waals surface area contributed by atoms with E-state index < -0.39 is 24.0 Å². The Bertz CT molecular complexity index is 570. The highest BCUT2D eigenvalue weighted by molar-refractivity contribution is 5.95. The highest BCUT2D eigenvalue weighted by Gasteiger charge is 2.26. The third-order valence-electron chi connectivity index (χ3n) is 4.66. The second-order valence-corrected chi connectivity index (χ2v) is 6.52. The van der Waals surface area contributed by atoms with Crippen LogP contribution < -0.4 is 21.3 Å². The third-order valence-corrected chi connectivity index (χ3v) is 4.66. The van der Waals surface area contributed by atoms with Crippen molar-refractivity contribution in [3.8, 4) is 5.75 Å². The second kappa shape index (κ2) is 9.39. The lowest BCUT2D eigenvalue weighted by Gasteiger charge is -2.26. The number of hydrogen-bond donors (Lipinski definition) is 4. The van der Waals surface area contributed by atoms with Gasteiger partial charge in [-0.25, -0.2) is 0 Å². The van der Waals surface area contributed by atoms with Crippen LogP contribution in [0.1, 0.15) is 48.9 Å². The molecular formula is C18H27N3O4. The van der Waals surface area contributed by atoms with E-state index in [9.17, 15) is 14.7 Å². The lowest BCUT2D eigenvalue weighted by Crippen LogP contribution is -2.52. The van der Waals surface area contributed by atoms with Crippen LogP contribution in [0.15, 0.2) is 24.3 Å². The molecule has 1 aliphatic carbocycles. The Balaban J connectivity index is 1.78. The first-order valence-electron chi connectivity index (χ1n) is 8.69. The molecule has 1 aliphatic rings. The van der Waals surface area contributed by atoms with E-state index in [2.05, 4.69) is 10.9 Å². The fourth-order valence-corrected chi connectivity index (χ4v) is 3.14. The van der Waals surface area contributed by atoms with Crippen molar-refractivity contribution in [2.24, 2.45) is 11.7 Å². The summed E-state index contributed by atoms with van der Waals surface area (Å²) < 4.78 is 5.02. The van der Waals surface area contributed by atoms with Crippen molar-refractivity contribution in [1.82, 2.24) is 10.9 Å². The lowest BCUT2D eigenvalue weighted by atomic mass is 9.84. The van der Waals surface area contributed by atoms with Gasteiger partial charge in [0.1, 0.15) is 11.9 Å². The molecular weight excluding hydrogens is 322 g/mol. The minimum Gasteiger partial charge on any atom is -0.497 e. The van der Waals surface area contributed by atoms with E-state index >= 15 is 0 Å². The normalized spacial score (nSPS) is 17.4. The maximum atomic E-state index is 12.0. The minimum absolute atomic E-state index is 0.363. The number of rotatable bonds is 6. The van der Waals surface area contributed by atoms with Crippen LogP contribution >= 0.6 is 0 Å². The Morgan fingerprint density at radius 3 is 2.44 bits per heavy atom. The Morgan fingerprint density at radius 2 is 1.84 bits per heavy atom. The van der Waals surface area contributed by atoms with E-state index in [1.54, 1.807) is 24.3 Å². The van der Waals surface area contributed by atoms with Crippen LogP contribution in [0, 0.1) is 5.92 Å². The summed E-state index contributed by atoms with van der Waals surface area (Å²) in [4.78, 5) is 24.0. The van der Waals surface area contributed by atoms with Gasteiger partial charge in [0.2, 0.25) is 0 Å². The average molecular weight is 349 g/mol. The van der Waals surface area contributed by atoms with Crippen LogP contribution in [0.25, 0.3) is 0 Å². The van der Waals surface area contributed by atoms with Gasteiger partial charge in [-0.1, -0.05) is 32.1 Å². The quantitative estimate of drug-likeness (QED) is 0.575. The molecule has 1 aromatic rings. The van der Waals surface area contributed by atoms with Crippen LogP contribution in [0.5, 0.6) is 5.75 Å². The van der Waals surface area contributed by atoms with Gasteiger partial charge >= 0.3 is 0 Å². The number of amides is 2. The molecule has 0 aromatic heterocycles. The molecule has 25 heavy (non-hydrogen) atoms. The monoisotopic (exact) mass is 349 g/mol. The van der Waals surface area contributed by atoms with Gasteiger partial charge in [0.25, 0.3) is 11.8 Å². The predicted octanol–water partition coefficient (Wildman–Crippen LogP) is 1.11. The zero-order valence-electron chi connectivity index (χ0n) is 14.5. The number of methoxy groups -OCH3 is 1. The van der Waals surface area contributed by atoms with E-state index in [4.69, 9.17) is 10.5 Å². The number of carbonyl (C=O) groups excluding carboxylic acids is 2. The first-order valence-corrected chi connectivity index (χ1v) is 8.69. The smallest absolute Gasteiger partial charge is 0.269 e. The summed E-state index contributed by atoms with van der Waals surface area (Å²) in [6, 6.07) is 5.80. The van der Waals surface area contributed by atoms with Crippen molar-refractivity contribution < 1.29 is 19.4 Å². The second-order valence-electron chi connectivity index (χ2n) is 6.52. The van der Waals surface area contributed by atoms with Crippen molar-refractivity contribution in [2.75, 3.05) is 7.11 Å². The molecule has 0 spiro atoms. The summed E-state index contributed by atoms with van der Waals surface area (Å²) in [5.74, 6) is -0.0981. The molecule has 1 fully saturated rings. The molecule has 1 aromatic carbocycles. The summed E-state index contributed by atoms with van der Waals surface area (Å²) >= 11 is 0. The van der Waals surface area contributed by atoms with Gasteiger partial charge in [-0.15, -0.1) is 0 Å². The van der Waals surface area contributed by atoms with E-state index in [1.165, 1.54) is 26.4 Å². The van der Waals surface area contributed by atoms with Gasteiger partial charge in [0.05, 0.1) is 7.11 Å². The van der Waals surface area contributed by atoms with E-state index in [0.717, 1.165) is 12.8 Å². The zero-order valence-corrected chi connectivity index (χ0v) is 14.5. The summed E-state index contributed by atoms with van der Waals surface area (Å²) in [7, 11) is 1.53. The number of ether oxygens (including phenoxy) is 1. The van der Waals surface area contributed by atoms with Crippen molar-refractivity contribution in [3.63, 3.8) is 0 Å². The number of hydrazine groups is 1. The fourth-order valence-electron chi connectivity index (χ4n) is 3.14. The van der Waals surface area contributed by atoms with Crippen LogP contribution in [0.4, 0.5) is 0 Å². The highest BCUT2D eigenvalue weighted by atomic mass is 16.5. The molecule has 138 valence electrons. The number of nitrogens with two attached hydrogens (primary N) is 1. The molecule has 1 saturated carbocycles. The number of carbonyl (C=O) groups is 2. The lowest BCUT2D eigenvalue weighted by molar-refractivity contribution is -0.131. The van der Waals surface area contributed by atoms with Crippen LogP contribution in [0.2, 0.25) is 0 Å². The molecule has 0 saturated heterocycles. The SMILES string of the molecule is COc1ccc(C(=O)NNC(=O)C(O)[C@H](N)CC2CCCCC2)cc1. The zero-order chi connectivity index (χ0) is 18.2. The summed E-state index contributed by atoms with van der Waals surface area (Å²) in [6.07, 6.45) is 5.05. The minimum atomic E-state index is -1.35. The van der Waals surface area contributed by atoms with Gasteiger partial charge in [-0.2, -0.15) is 0 Å². The van der Waals surface area contributed by atoms with Crippen molar-refractivity contribution in [3.05, 3.63) is 29.8 Å². The molecule has 0 radical (unpaired) electrons. The largest absolute Gasteiger partial charge is 0.497 e. The summed E-state index contributed by atoms with van der Waals surface area (Å²) in [5, 5.41) is 10.1. The maximum absolute atomic E-state index is 12.0. The average Bonchev–Trinajstić information content (AvgIpc) is 2.66. The van der Waals surface area contributed by atoms with Crippen LogP contribution in [-0.2, 0) is 4.79 Å². The van der Waals surface area contributed by atoms with E-state index in [0.29, 0.717) is 23.7 Å². The predicted molar refractivity (Wildman–Crippen MR) is 93.8 cm³/mol. The summed E-state index contributed by atoms with van der Waals surface area (Å²) in [6.45, 7) is 0. The Morgan fingerprint density at radius 1 is 1.20 bits per heavy atom. The van der Waals surface area contributed by atoms with Gasteiger partial charge in [0, 0.05) is 11.6 Å². The van der Waals surface area contributed by atoms with Gasteiger partial charge < -0.3 is 15.6 Å². The topological polar surface area (TPSA) is 114 Å². The van der Waals surface area contributed by atoms with E-state index in [1.807, 2.05) is 0 Å². The number of aliphatic hydroxyl groups excluding tert-OH is 1. The summed E-state index contributed by atoms with van der Waals surface area (Å²) in [5.41, 5.74) is 10.8. The van der Waals surface area contributed by atoms with Crippen molar-refractivity contribution in [2.45, 2.75) is 50.7 Å². The maximum Gasteiger partial charge on any atom is 0.269 e. The fraction of sp³-hybridized carbons (Fsp3) is 0.556. The van der Waals surface area contributed by atoms with Crippen molar-refractivity contribution >= 4 is 11.8 Å². The first kappa shape index (κ1) is 19.2. The Kier molecular flexibility index (Phi) is 7.21. The Labute approximate surface area is 147 Å². The number of nitrogens with one attached hydrogen (secondary N) is 2. The molecule has 0 heterocycles. The molecule has 0 bridgehead atoms. The molecule has 7 nitrogen and oxygen atoms in total. The molecule has 2 amide bonds. The molecule has 5 N–H and O–H groups in total. The molecule has 1 unspecified atom stereocenters. The number of aliphatic hydroxyl groups is 1. The van der Waals surface area contributed by atoms with Gasteiger partial charge in [-0.3, -0.25) is 20.4 Å². The van der Waals surface area contributed by atoms with Gasteiger partial charge in [0.15, 0.2) is 0 Å². The highest BCUT2D eigenvalue weighted by Crippen LogP contribution is 2.27. The van der Waals surface area contributed by atoms with Gasteiger partial charge in [-0.05, 0) is 36.6 Å².